The van der Waals surface area contributed by atoms with Crippen molar-refractivity contribution in [2.45, 2.75) is 25.3 Å². The van der Waals surface area contributed by atoms with Crippen LogP contribution in [-0.4, -0.2) is 20.9 Å². The summed E-state index contributed by atoms with van der Waals surface area (Å²) in [5, 5.41) is 3.24. The van der Waals surface area contributed by atoms with E-state index in [1.54, 1.807) is 18.2 Å². The van der Waals surface area contributed by atoms with Gasteiger partial charge in [-0.2, -0.15) is 0 Å². The minimum Gasteiger partial charge on any atom is -0.350 e. The Balaban J connectivity index is 1.86. The van der Waals surface area contributed by atoms with Crippen LogP contribution in [0.5, 0.6) is 0 Å². The van der Waals surface area contributed by atoms with Crippen molar-refractivity contribution in [2.75, 3.05) is 10.8 Å². The molecule has 1 amide bonds. The van der Waals surface area contributed by atoms with Gasteiger partial charge in [0.25, 0.3) is 10.0 Å². The molecule has 3 aromatic carbocycles. The lowest BCUT2D eigenvalue weighted by Gasteiger charge is -2.24. The maximum Gasteiger partial charge on any atom is 0.264 e. The largest absolute Gasteiger partial charge is 0.350 e. The molecule has 0 aromatic heterocycles. The number of nitrogens with zero attached hydrogens (tertiary/aromatic N) is 1. The highest BCUT2D eigenvalue weighted by Crippen LogP contribution is 2.25. The van der Waals surface area contributed by atoms with Crippen LogP contribution in [0.15, 0.2) is 77.7 Å². The number of amides is 1. The fraction of sp³-hybridized carbons (Fsp3) is 0.174. The zero-order valence-electron chi connectivity index (χ0n) is 16.8. The van der Waals surface area contributed by atoms with Gasteiger partial charge in [0.05, 0.1) is 10.6 Å². The lowest BCUT2D eigenvalue weighted by molar-refractivity contribution is -0.119. The van der Waals surface area contributed by atoms with Crippen LogP contribution in [0.25, 0.3) is 0 Å². The van der Waals surface area contributed by atoms with Gasteiger partial charge in [0.2, 0.25) is 5.91 Å². The summed E-state index contributed by atoms with van der Waals surface area (Å²) >= 11 is 5.90. The molecule has 3 rings (SSSR count). The van der Waals surface area contributed by atoms with Crippen LogP contribution in [-0.2, 0) is 21.4 Å². The number of carbonyl (C=O) groups is 1. The Hall–Kier alpha value is -2.83. The van der Waals surface area contributed by atoms with Gasteiger partial charge in [-0.25, -0.2) is 8.42 Å². The van der Waals surface area contributed by atoms with Crippen molar-refractivity contribution in [1.82, 2.24) is 5.32 Å². The highest BCUT2D eigenvalue weighted by Gasteiger charge is 2.27. The maximum atomic E-state index is 13.3. The van der Waals surface area contributed by atoms with Gasteiger partial charge in [-0.3, -0.25) is 9.10 Å². The van der Waals surface area contributed by atoms with Crippen molar-refractivity contribution in [1.29, 1.82) is 0 Å². The number of sulfonamides is 1. The van der Waals surface area contributed by atoms with Gasteiger partial charge >= 0.3 is 0 Å². The maximum absolute atomic E-state index is 13.3. The first kappa shape index (κ1) is 21.9. The molecular formula is C23H23ClN2O3S. The Labute approximate surface area is 182 Å². The van der Waals surface area contributed by atoms with E-state index in [2.05, 4.69) is 5.32 Å². The summed E-state index contributed by atoms with van der Waals surface area (Å²) in [5.74, 6) is -0.393. The zero-order chi connectivity index (χ0) is 21.7. The average molecular weight is 443 g/mol. The van der Waals surface area contributed by atoms with Gasteiger partial charge in [-0.1, -0.05) is 53.6 Å². The number of halogens is 1. The first-order valence-electron chi connectivity index (χ1n) is 9.43. The van der Waals surface area contributed by atoms with E-state index in [1.807, 2.05) is 44.2 Å². The van der Waals surface area contributed by atoms with Crippen molar-refractivity contribution in [3.8, 4) is 0 Å². The summed E-state index contributed by atoms with van der Waals surface area (Å²) in [5.41, 5.74) is 3.36. The molecule has 0 fully saturated rings. The normalized spacial score (nSPS) is 11.2. The zero-order valence-corrected chi connectivity index (χ0v) is 18.4. The van der Waals surface area contributed by atoms with E-state index in [4.69, 9.17) is 11.6 Å². The van der Waals surface area contributed by atoms with Crippen LogP contribution in [0, 0.1) is 13.8 Å². The predicted octanol–water partition coefficient (Wildman–Crippen LogP) is 4.47. The average Bonchev–Trinajstić information content (AvgIpc) is 2.71. The molecule has 0 spiro atoms. The van der Waals surface area contributed by atoms with Crippen LogP contribution >= 0.6 is 11.6 Å². The third kappa shape index (κ3) is 5.40. The van der Waals surface area contributed by atoms with Crippen molar-refractivity contribution in [3.63, 3.8) is 0 Å². The highest BCUT2D eigenvalue weighted by molar-refractivity contribution is 7.92. The molecule has 0 atom stereocenters. The lowest BCUT2D eigenvalue weighted by atomic mass is 10.1. The summed E-state index contributed by atoms with van der Waals surface area (Å²) in [7, 11) is -3.96. The fourth-order valence-corrected chi connectivity index (χ4v) is 4.58. The molecule has 0 heterocycles. The molecule has 7 heteroatoms. The molecule has 156 valence electrons. The molecule has 0 radical (unpaired) electrons. The smallest absolute Gasteiger partial charge is 0.264 e. The number of carbonyl (C=O) groups excluding carboxylic acids is 1. The topological polar surface area (TPSA) is 66.5 Å². The van der Waals surface area contributed by atoms with Gasteiger partial charge in [0.1, 0.15) is 6.54 Å². The van der Waals surface area contributed by atoms with E-state index in [0.717, 1.165) is 21.0 Å². The molecule has 3 aromatic rings. The van der Waals surface area contributed by atoms with Gasteiger partial charge < -0.3 is 5.32 Å². The fourth-order valence-electron chi connectivity index (χ4n) is 3.04. The molecule has 1 N–H and O–H groups in total. The van der Waals surface area contributed by atoms with Crippen LogP contribution in [0.4, 0.5) is 5.69 Å². The molecule has 0 aliphatic rings. The predicted molar refractivity (Wildman–Crippen MR) is 120 cm³/mol. The Bertz CT molecular complexity index is 1150. The molecule has 0 saturated heterocycles. The van der Waals surface area contributed by atoms with Gasteiger partial charge in [0, 0.05) is 11.6 Å². The minimum absolute atomic E-state index is 0.0693. The molecule has 30 heavy (non-hydrogen) atoms. The van der Waals surface area contributed by atoms with Crippen LogP contribution in [0.1, 0.15) is 16.7 Å². The molecule has 5 nitrogen and oxygen atoms in total. The number of aryl methyl sites for hydroxylation is 2. The minimum atomic E-state index is -3.96. The first-order valence-corrected chi connectivity index (χ1v) is 11.2. The quantitative estimate of drug-likeness (QED) is 0.587. The summed E-state index contributed by atoms with van der Waals surface area (Å²) in [6.45, 7) is 3.83. The van der Waals surface area contributed by atoms with E-state index < -0.39 is 15.9 Å². The monoisotopic (exact) mass is 442 g/mol. The molecule has 0 aliphatic carbocycles. The standard InChI is InChI=1S/C23H23ClN2O3S/c1-17-5-3-7-19(13-17)15-25-23(27)16-26(21-8-4-6-18(2)14-21)30(28,29)22-11-9-20(24)10-12-22/h3-14H,15-16H2,1-2H3,(H,25,27). The van der Waals surface area contributed by atoms with Crippen molar-refractivity contribution < 1.29 is 13.2 Å². The van der Waals surface area contributed by atoms with E-state index in [1.165, 1.54) is 24.3 Å². The number of hydrogen-bond donors (Lipinski definition) is 1. The molecule has 0 aliphatic heterocycles. The number of hydrogen-bond acceptors (Lipinski definition) is 3. The third-order valence-electron chi connectivity index (χ3n) is 4.55. The Morgan fingerprint density at radius 1 is 0.933 bits per heavy atom. The van der Waals surface area contributed by atoms with Crippen LogP contribution < -0.4 is 9.62 Å². The second-order valence-corrected chi connectivity index (χ2v) is 9.37. The Kier molecular flexibility index (Phi) is 6.80. The summed E-state index contributed by atoms with van der Waals surface area (Å²) in [6, 6.07) is 20.7. The van der Waals surface area contributed by atoms with E-state index >= 15 is 0 Å². The third-order valence-corrected chi connectivity index (χ3v) is 6.59. The number of anilines is 1. The highest BCUT2D eigenvalue weighted by atomic mass is 35.5. The molecular weight excluding hydrogens is 420 g/mol. The van der Waals surface area contributed by atoms with E-state index in [0.29, 0.717) is 17.3 Å². The van der Waals surface area contributed by atoms with E-state index in [9.17, 15) is 13.2 Å². The van der Waals surface area contributed by atoms with Crippen LogP contribution in [0.3, 0.4) is 0 Å². The second-order valence-electron chi connectivity index (χ2n) is 7.07. The second kappa shape index (κ2) is 9.32. The van der Waals surface area contributed by atoms with Crippen LogP contribution in [0.2, 0.25) is 5.02 Å². The number of benzene rings is 3. The van der Waals surface area contributed by atoms with E-state index in [-0.39, 0.29) is 11.4 Å². The lowest BCUT2D eigenvalue weighted by Crippen LogP contribution is -2.40. The molecule has 0 unspecified atom stereocenters. The van der Waals surface area contributed by atoms with Gasteiger partial charge in [-0.15, -0.1) is 0 Å². The Morgan fingerprint density at radius 3 is 2.20 bits per heavy atom. The van der Waals surface area contributed by atoms with Gasteiger partial charge in [-0.05, 0) is 61.4 Å². The summed E-state index contributed by atoms with van der Waals surface area (Å²) in [6.07, 6.45) is 0. The summed E-state index contributed by atoms with van der Waals surface area (Å²) in [4.78, 5) is 12.7. The van der Waals surface area contributed by atoms with Crippen molar-refractivity contribution in [2.24, 2.45) is 0 Å². The van der Waals surface area contributed by atoms with Crippen molar-refractivity contribution in [3.05, 3.63) is 94.5 Å². The Morgan fingerprint density at radius 2 is 1.57 bits per heavy atom. The van der Waals surface area contributed by atoms with Crippen molar-refractivity contribution >= 4 is 33.2 Å². The number of nitrogens with one attached hydrogen (secondary N) is 1. The molecule has 0 bridgehead atoms. The van der Waals surface area contributed by atoms with Gasteiger partial charge in [0.15, 0.2) is 0 Å². The number of rotatable bonds is 7. The first-order chi connectivity index (χ1) is 14.3. The SMILES string of the molecule is Cc1cccc(CNC(=O)CN(c2cccc(C)c2)S(=O)(=O)c2ccc(Cl)cc2)c1. The molecule has 0 saturated carbocycles. The summed E-state index contributed by atoms with van der Waals surface area (Å²) < 4.78 is 27.7.